The molecule has 0 radical (unpaired) electrons. The molecule has 156 valence electrons. The minimum absolute atomic E-state index is 0.0733. The largest absolute Gasteiger partial charge is 0.356 e. The summed E-state index contributed by atoms with van der Waals surface area (Å²) in [6, 6.07) is 7.70. The number of carbonyl (C=O) groups excluding carboxylic acids is 1. The van der Waals surface area contributed by atoms with Crippen molar-refractivity contribution in [3.05, 3.63) is 47.2 Å². The van der Waals surface area contributed by atoms with E-state index in [1.54, 1.807) is 17.5 Å². The fourth-order valence-corrected chi connectivity index (χ4v) is 4.69. The van der Waals surface area contributed by atoms with E-state index in [0.29, 0.717) is 36.9 Å². The zero-order valence-corrected chi connectivity index (χ0v) is 17.6. The van der Waals surface area contributed by atoms with E-state index in [9.17, 15) is 4.79 Å². The molecular formula is C21H24N6O2S. The monoisotopic (exact) mass is 424 g/mol. The number of nitrogens with zero attached hydrogens (tertiary/aromatic N) is 6. The predicted octanol–water partition coefficient (Wildman–Crippen LogP) is 2.75. The van der Waals surface area contributed by atoms with Crippen LogP contribution in [0.15, 0.2) is 40.4 Å². The number of carbonyl (C=O) groups is 1. The Hall–Kier alpha value is -2.78. The molecule has 0 aliphatic carbocycles. The van der Waals surface area contributed by atoms with Crippen LogP contribution in [-0.4, -0.2) is 70.1 Å². The van der Waals surface area contributed by atoms with Gasteiger partial charge in [0.05, 0.1) is 17.0 Å². The minimum atomic E-state index is 0.0733. The van der Waals surface area contributed by atoms with Gasteiger partial charge in [0.15, 0.2) is 5.82 Å². The number of anilines is 1. The molecule has 30 heavy (non-hydrogen) atoms. The van der Waals surface area contributed by atoms with Crippen LogP contribution in [0, 0.1) is 0 Å². The Morgan fingerprint density at radius 2 is 1.90 bits per heavy atom. The van der Waals surface area contributed by atoms with Crippen LogP contribution < -0.4 is 4.90 Å². The summed E-state index contributed by atoms with van der Waals surface area (Å²) in [5.74, 6) is 2.15. The van der Waals surface area contributed by atoms with Crippen molar-refractivity contribution in [1.82, 2.24) is 24.9 Å². The number of thiophene rings is 1. The second kappa shape index (κ2) is 8.53. The Bertz CT molecular complexity index is 991. The van der Waals surface area contributed by atoms with Gasteiger partial charge in [-0.25, -0.2) is 4.98 Å². The number of hydrogen-bond acceptors (Lipinski definition) is 8. The summed E-state index contributed by atoms with van der Waals surface area (Å²) in [6.45, 7) is 5.52. The van der Waals surface area contributed by atoms with Crippen molar-refractivity contribution in [2.75, 3.05) is 44.2 Å². The molecule has 1 amide bonds. The molecule has 2 aliphatic heterocycles. The molecule has 0 unspecified atom stereocenters. The van der Waals surface area contributed by atoms with Crippen LogP contribution in [0.5, 0.6) is 0 Å². The minimum Gasteiger partial charge on any atom is -0.356 e. The zero-order valence-electron chi connectivity index (χ0n) is 16.7. The van der Waals surface area contributed by atoms with Gasteiger partial charge in [-0.05, 0) is 36.4 Å². The lowest BCUT2D eigenvalue weighted by atomic mass is 10.2. The van der Waals surface area contributed by atoms with E-state index in [1.807, 2.05) is 34.5 Å². The highest BCUT2D eigenvalue weighted by atomic mass is 32.1. The number of aromatic nitrogens is 3. The van der Waals surface area contributed by atoms with Gasteiger partial charge >= 0.3 is 0 Å². The van der Waals surface area contributed by atoms with Crippen molar-refractivity contribution < 1.29 is 9.32 Å². The van der Waals surface area contributed by atoms with Crippen molar-refractivity contribution >= 4 is 23.1 Å². The molecule has 0 atom stereocenters. The quantitative estimate of drug-likeness (QED) is 0.623. The number of rotatable bonds is 5. The fraction of sp³-hybridized carbons (Fsp3) is 0.429. The molecule has 0 saturated carbocycles. The van der Waals surface area contributed by atoms with Crippen molar-refractivity contribution in [2.45, 2.75) is 19.4 Å². The maximum Gasteiger partial charge on any atom is 0.268 e. The zero-order chi connectivity index (χ0) is 20.3. The van der Waals surface area contributed by atoms with Gasteiger partial charge in [-0.2, -0.15) is 4.98 Å². The molecule has 2 fully saturated rings. The molecular weight excluding hydrogens is 400 g/mol. The van der Waals surface area contributed by atoms with Crippen molar-refractivity contribution in [3.8, 4) is 10.8 Å². The standard InChI is InChI=1S/C21H24N6O2S/c28-21(16-5-3-7-22-19(16)26-8-1-2-9-26)27-12-10-25(11-13-27)15-18-23-20(29-24-18)17-6-4-14-30-17/h3-7,14H,1-2,8-13,15H2. The molecule has 0 N–H and O–H groups in total. The first-order chi connectivity index (χ1) is 14.8. The highest BCUT2D eigenvalue weighted by Gasteiger charge is 2.27. The van der Waals surface area contributed by atoms with Gasteiger partial charge in [0.1, 0.15) is 5.82 Å². The molecule has 0 bridgehead atoms. The van der Waals surface area contributed by atoms with Crippen LogP contribution in [0.25, 0.3) is 10.8 Å². The second-order valence-corrected chi connectivity index (χ2v) is 8.58. The summed E-state index contributed by atoms with van der Waals surface area (Å²) >= 11 is 1.58. The van der Waals surface area contributed by atoms with Crippen LogP contribution in [0.4, 0.5) is 5.82 Å². The summed E-state index contributed by atoms with van der Waals surface area (Å²) in [5.41, 5.74) is 0.714. The molecule has 2 saturated heterocycles. The number of hydrogen-bond donors (Lipinski definition) is 0. The maximum absolute atomic E-state index is 13.2. The van der Waals surface area contributed by atoms with E-state index >= 15 is 0 Å². The van der Waals surface area contributed by atoms with E-state index in [0.717, 1.165) is 49.7 Å². The summed E-state index contributed by atoms with van der Waals surface area (Å²) in [6.07, 6.45) is 4.10. The molecule has 2 aliphatic rings. The van der Waals surface area contributed by atoms with Crippen LogP contribution >= 0.6 is 11.3 Å². The van der Waals surface area contributed by atoms with Gasteiger partial charge < -0.3 is 14.3 Å². The van der Waals surface area contributed by atoms with Gasteiger partial charge in [0, 0.05) is 45.5 Å². The Morgan fingerprint density at radius 1 is 1.07 bits per heavy atom. The molecule has 3 aromatic rings. The second-order valence-electron chi connectivity index (χ2n) is 7.63. The Labute approximate surface area is 179 Å². The first-order valence-corrected chi connectivity index (χ1v) is 11.2. The molecule has 5 rings (SSSR count). The molecule has 8 nitrogen and oxygen atoms in total. The summed E-state index contributed by atoms with van der Waals surface area (Å²) in [5, 5.41) is 6.10. The highest BCUT2D eigenvalue weighted by molar-refractivity contribution is 7.13. The van der Waals surface area contributed by atoms with Gasteiger partial charge in [-0.1, -0.05) is 11.2 Å². The van der Waals surface area contributed by atoms with Crippen molar-refractivity contribution in [2.24, 2.45) is 0 Å². The average molecular weight is 425 g/mol. The third-order valence-corrected chi connectivity index (χ3v) is 6.51. The maximum atomic E-state index is 13.2. The molecule has 5 heterocycles. The summed E-state index contributed by atoms with van der Waals surface area (Å²) in [4.78, 5) is 29.6. The summed E-state index contributed by atoms with van der Waals surface area (Å²) in [7, 11) is 0. The van der Waals surface area contributed by atoms with E-state index in [1.165, 1.54) is 0 Å². The SMILES string of the molecule is O=C(c1cccnc1N1CCCC1)N1CCN(Cc2noc(-c3cccs3)n2)CC1. The predicted molar refractivity (Wildman–Crippen MR) is 114 cm³/mol. The van der Waals surface area contributed by atoms with Crippen LogP contribution in [-0.2, 0) is 6.54 Å². The lowest BCUT2D eigenvalue weighted by Crippen LogP contribution is -2.48. The Morgan fingerprint density at radius 3 is 2.67 bits per heavy atom. The fourth-order valence-electron chi connectivity index (χ4n) is 4.04. The average Bonchev–Trinajstić information content (AvgIpc) is 3.56. The van der Waals surface area contributed by atoms with E-state index in [-0.39, 0.29) is 5.91 Å². The first-order valence-electron chi connectivity index (χ1n) is 10.4. The molecule has 9 heteroatoms. The van der Waals surface area contributed by atoms with E-state index < -0.39 is 0 Å². The van der Waals surface area contributed by atoms with Gasteiger partial charge in [-0.3, -0.25) is 9.69 Å². The third-order valence-electron chi connectivity index (χ3n) is 5.65. The van der Waals surface area contributed by atoms with Crippen molar-refractivity contribution in [1.29, 1.82) is 0 Å². The number of amides is 1. The molecule has 0 aromatic carbocycles. The smallest absolute Gasteiger partial charge is 0.268 e. The first kappa shape index (κ1) is 19.2. The van der Waals surface area contributed by atoms with Crippen LogP contribution in [0.2, 0.25) is 0 Å². The lowest BCUT2D eigenvalue weighted by molar-refractivity contribution is 0.0624. The Kier molecular flexibility index (Phi) is 5.46. The van der Waals surface area contributed by atoms with Crippen LogP contribution in [0.1, 0.15) is 29.0 Å². The van der Waals surface area contributed by atoms with Crippen LogP contribution in [0.3, 0.4) is 0 Å². The van der Waals surface area contributed by atoms with Gasteiger partial charge in [0.2, 0.25) is 0 Å². The highest BCUT2D eigenvalue weighted by Crippen LogP contribution is 2.25. The van der Waals surface area contributed by atoms with E-state index in [4.69, 9.17) is 4.52 Å². The number of piperazine rings is 1. The molecule has 0 spiro atoms. The van der Waals surface area contributed by atoms with Gasteiger partial charge in [-0.15, -0.1) is 11.3 Å². The summed E-state index contributed by atoms with van der Waals surface area (Å²) < 4.78 is 5.38. The Balaban J connectivity index is 1.20. The third kappa shape index (κ3) is 3.95. The topological polar surface area (TPSA) is 78.6 Å². The lowest BCUT2D eigenvalue weighted by Gasteiger charge is -2.34. The molecule has 3 aromatic heterocycles. The number of pyridine rings is 1. The van der Waals surface area contributed by atoms with Crippen molar-refractivity contribution in [3.63, 3.8) is 0 Å². The van der Waals surface area contributed by atoms with Gasteiger partial charge in [0.25, 0.3) is 11.8 Å². The van der Waals surface area contributed by atoms with E-state index in [2.05, 4.69) is 24.9 Å². The normalized spacial score (nSPS) is 17.6.